The molecule has 0 aromatic heterocycles. The Morgan fingerprint density at radius 2 is 1.67 bits per heavy atom. The van der Waals surface area contributed by atoms with Crippen LogP contribution in [0.5, 0.6) is 0 Å². The van der Waals surface area contributed by atoms with Crippen molar-refractivity contribution in [3.05, 3.63) is 0 Å². The van der Waals surface area contributed by atoms with Gasteiger partial charge in [-0.15, -0.1) is 0 Å². The van der Waals surface area contributed by atoms with Gasteiger partial charge in [-0.05, 0) is 38.0 Å². The highest BCUT2D eigenvalue weighted by atomic mass is 15.2. The third-order valence-electron chi connectivity index (χ3n) is 4.07. The van der Waals surface area contributed by atoms with Gasteiger partial charge in [-0.3, -0.25) is 4.90 Å². The van der Waals surface area contributed by atoms with Gasteiger partial charge in [0.2, 0.25) is 0 Å². The van der Waals surface area contributed by atoms with E-state index in [0.29, 0.717) is 6.04 Å². The Bertz CT molecular complexity index is 195. The summed E-state index contributed by atoms with van der Waals surface area (Å²) < 4.78 is 0. The van der Waals surface area contributed by atoms with Crippen molar-refractivity contribution in [2.75, 3.05) is 19.6 Å². The molecule has 0 aromatic carbocycles. The van der Waals surface area contributed by atoms with Crippen LogP contribution in [0.4, 0.5) is 0 Å². The van der Waals surface area contributed by atoms with Crippen molar-refractivity contribution in [3.8, 4) is 0 Å². The van der Waals surface area contributed by atoms with Gasteiger partial charge in [0.05, 0.1) is 0 Å². The third-order valence-corrected chi connectivity index (χ3v) is 4.07. The number of nitrogens with zero attached hydrogens (tertiary/aromatic N) is 1. The summed E-state index contributed by atoms with van der Waals surface area (Å²) in [4.78, 5) is 2.73. The molecule has 1 saturated carbocycles. The fourth-order valence-electron chi connectivity index (χ4n) is 3.50. The van der Waals surface area contributed by atoms with E-state index in [0.717, 1.165) is 17.9 Å². The summed E-state index contributed by atoms with van der Waals surface area (Å²) in [5.74, 6) is 1.87. The predicted molar refractivity (Wildman–Crippen MR) is 65.0 cm³/mol. The summed E-state index contributed by atoms with van der Waals surface area (Å²) >= 11 is 0. The molecule has 0 amide bonds. The molecule has 1 saturated heterocycles. The molecule has 2 nitrogen and oxygen atoms in total. The zero-order chi connectivity index (χ0) is 10.8. The lowest BCUT2D eigenvalue weighted by Gasteiger charge is -2.42. The van der Waals surface area contributed by atoms with Gasteiger partial charge in [0, 0.05) is 31.7 Å². The number of piperazine rings is 1. The maximum atomic E-state index is 3.53. The zero-order valence-electron chi connectivity index (χ0n) is 10.5. The van der Waals surface area contributed by atoms with Crippen LogP contribution in [0, 0.1) is 11.8 Å². The average molecular weight is 210 g/mol. The molecular weight excluding hydrogens is 184 g/mol. The van der Waals surface area contributed by atoms with E-state index >= 15 is 0 Å². The Morgan fingerprint density at radius 1 is 1.00 bits per heavy atom. The summed E-state index contributed by atoms with van der Waals surface area (Å²) in [6.45, 7) is 10.9. The molecule has 1 heterocycles. The van der Waals surface area contributed by atoms with E-state index in [2.05, 4.69) is 31.0 Å². The monoisotopic (exact) mass is 210 g/mol. The summed E-state index contributed by atoms with van der Waals surface area (Å²) in [7, 11) is 0. The van der Waals surface area contributed by atoms with E-state index in [-0.39, 0.29) is 0 Å². The molecule has 2 aliphatic rings. The van der Waals surface area contributed by atoms with Crippen LogP contribution in [0.3, 0.4) is 0 Å². The minimum Gasteiger partial charge on any atom is -0.312 e. The Kier molecular flexibility index (Phi) is 3.68. The summed E-state index contributed by atoms with van der Waals surface area (Å²) in [5, 5.41) is 3.53. The molecule has 15 heavy (non-hydrogen) atoms. The van der Waals surface area contributed by atoms with Crippen LogP contribution in [0.2, 0.25) is 0 Å². The van der Waals surface area contributed by atoms with Crippen LogP contribution in [-0.4, -0.2) is 36.6 Å². The molecule has 2 heteroatoms. The number of rotatable bonds is 1. The Labute approximate surface area is 94.4 Å². The lowest BCUT2D eigenvalue weighted by molar-refractivity contribution is 0.0845. The molecule has 0 spiro atoms. The van der Waals surface area contributed by atoms with Crippen molar-refractivity contribution in [1.82, 2.24) is 10.2 Å². The second-order valence-corrected chi connectivity index (χ2v) is 5.92. The molecular formula is C13H26N2. The second-order valence-electron chi connectivity index (χ2n) is 5.92. The molecule has 1 N–H and O–H groups in total. The van der Waals surface area contributed by atoms with Crippen LogP contribution in [0.1, 0.15) is 40.0 Å². The maximum Gasteiger partial charge on any atom is 0.0167 e. The van der Waals surface area contributed by atoms with Crippen LogP contribution < -0.4 is 5.32 Å². The highest BCUT2D eigenvalue weighted by Crippen LogP contribution is 2.31. The van der Waals surface area contributed by atoms with Crippen LogP contribution in [0.15, 0.2) is 0 Å². The van der Waals surface area contributed by atoms with E-state index in [1.54, 1.807) is 0 Å². The van der Waals surface area contributed by atoms with Gasteiger partial charge in [-0.2, -0.15) is 0 Å². The Hall–Kier alpha value is -0.0800. The first-order valence-corrected chi connectivity index (χ1v) is 6.62. The minimum absolute atomic E-state index is 0.686. The molecule has 0 bridgehead atoms. The molecule has 88 valence electrons. The van der Waals surface area contributed by atoms with Gasteiger partial charge in [0.1, 0.15) is 0 Å². The fraction of sp³-hybridized carbons (Fsp3) is 1.00. The molecule has 2 rings (SSSR count). The molecule has 0 radical (unpaired) electrons. The van der Waals surface area contributed by atoms with E-state index in [4.69, 9.17) is 0 Å². The van der Waals surface area contributed by atoms with Crippen molar-refractivity contribution in [2.45, 2.75) is 52.1 Å². The van der Waals surface area contributed by atoms with Gasteiger partial charge < -0.3 is 5.32 Å². The number of hydrogen-bond acceptors (Lipinski definition) is 2. The van der Waals surface area contributed by atoms with E-state index in [1.165, 1.54) is 38.9 Å². The van der Waals surface area contributed by atoms with Crippen molar-refractivity contribution in [2.24, 2.45) is 11.8 Å². The molecule has 2 unspecified atom stereocenters. The minimum atomic E-state index is 0.686. The number of hydrogen-bond donors (Lipinski definition) is 1. The first-order chi connectivity index (χ1) is 7.15. The maximum absolute atomic E-state index is 3.53. The topological polar surface area (TPSA) is 15.3 Å². The van der Waals surface area contributed by atoms with Gasteiger partial charge in [0.15, 0.2) is 0 Å². The number of nitrogens with one attached hydrogen (secondary N) is 1. The zero-order valence-corrected chi connectivity index (χ0v) is 10.5. The highest BCUT2D eigenvalue weighted by Gasteiger charge is 2.30. The molecule has 1 aliphatic carbocycles. The lowest BCUT2D eigenvalue weighted by atomic mass is 9.79. The largest absolute Gasteiger partial charge is 0.312 e. The van der Waals surface area contributed by atoms with Crippen molar-refractivity contribution < 1.29 is 0 Å². The molecule has 0 aromatic rings. The van der Waals surface area contributed by atoms with Crippen molar-refractivity contribution in [3.63, 3.8) is 0 Å². The third kappa shape index (κ3) is 2.94. The van der Waals surface area contributed by atoms with Crippen LogP contribution >= 0.6 is 0 Å². The highest BCUT2D eigenvalue weighted by molar-refractivity contribution is 4.86. The standard InChI is InChI=1S/C13H26N2/c1-10-6-11(2)8-13(7-10)15-5-4-14-12(3)9-15/h10-14H,4-9H2,1-3H3/t10?,11?,12-,13?/m0/s1. The molecule has 1 aliphatic heterocycles. The lowest BCUT2D eigenvalue weighted by Crippen LogP contribution is -2.54. The van der Waals surface area contributed by atoms with Crippen LogP contribution in [0.25, 0.3) is 0 Å². The summed E-state index contributed by atoms with van der Waals surface area (Å²) in [5.41, 5.74) is 0. The van der Waals surface area contributed by atoms with E-state index < -0.39 is 0 Å². The first kappa shape index (κ1) is 11.4. The predicted octanol–water partition coefficient (Wildman–Crippen LogP) is 2.10. The van der Waals surface area contributed by atoms with Gasteiger partial charge in [0.25, 0.3) is 0 Å². The molecule has 2 fully saturated rings. The fourth-order valence-corrected chi connectivity index (χ4v) is 3.50. The van der Waals surface area contributed by atoms with Crippen molar-refractivity contribution >= 4 is 0 Å². The Morgan fingerprint density at radius 3 is 2.27 bits per heavy atom. The first-order valence-electron chi connectivity index (χ1n) is 6.62. The van der Waals surface area contributed by atoms with Gasteiger partial charge in [-0.1, -0.05) is 13.8 Å². The Balaban J connectivity index is 1.91. The normalized spacial score (nSPS) is 44.2. The van der Waals surface area contributed by atoms with Gasteiger partial charge >= 0.3 is 0 Å². The SMILES string of the molecule is CC1CC(C)CC(N2CCN[C@@H](C)C2)C1. The average Bonchev–Trinajstić information content (AvgIpc) is 2.16. The quantitative estimate of drug-likeness (QED) is 0.713. The van der Waals surface area contributed by atoms with Crippen LogP contribution in [-0.2, 0) is 0 Å². The van der Waals surface area contributed by atoms with E-state index in [1.807, 2.05) is 0 Å². The van der Waals surface area contributed by atoms with E-state index in [9.17, 15) is 0 Å². The summed E-state index contributed by atoms with van der Waals surface area (Å²) in [6, 6.07) is 1.56. The summed E-state index contributed by atoms with van der Waals surface area (Å²) in [6.07, 6.45) is 4.30. The second kappa shape index (κ2) is 4.84. The van der Waals surface area contributed by atoms with Crippen molar-refractivity contribution in [1.29, 1.82) is 0 Å². The van der Waals surface area contributed by atoms with Gasteiger partial charge in [-0.25, -0.2) is 0 Å². The smallest absolute Gasteiger partial charge is 0.0167 e. The molecule has 3 atom stereocenters.